The van der Waals surface area contributed by atoms with E-state index in [2.05, 4.69) is 20.9 Å². The number of ether oxygens (including phenoxy) is 2. The molecule has 2 N–H and O–H groups in total. The Morgan fingerprint density at radius 1 is 1.15 bits per heavy atom. The molecule has 0 atom stereocenters. The predicted molar refractivity (Wildman–Crippen MR) is 98.1 cm³/mol. The highest BCUT2D eigenvalue weighted by atomic mass is 16.5. The van der Waals surface area contributed by atoms with E-state index in [-0.39, 0.29) is 12.1 Å². The molecule has 2 heterocycles. The van der Waals surface area contributed by atoms with Crippen LogP contribution in [0.5, 0.6) is 5.75 Å². The second-order valence-corrected chi connectivity index (χ2v) is 6.93. The number of anilines is 1. The van der Waals surface area contributed by atoms with E-state index in [4.69, 9.17) is 15.2 Å². The summed E-state index contributed by atoms with van der Waals surface area (Å²) in [6.45, 7) is 3.09. The molecule has 2 aromatic rings. The SMILES string of the molecule is N#Cc1ncnc2cc(N3CCOCC3)cc(O[C@H]3CC[C@@H](N)CC3)c12. The normalized spacial score (nSPS) is 23.6. The van der Waals surface area contributed by atoms with Crippen LogP contribution in [0, 0.1) is 11.3 Å². The summed E-state index contributed by atoms with van der Waals surface area (Å²) in [5.74, 6) is 0.696. The highest BCUT2D eigenvalue weighted by Crippen LogP contribution is 2.35. The van der Waals surface area contributed by atoms with E-state index in [0.29, 0.717) is 30.0 Å². The van der Waals surface area contributed by atoms with E-state index < -0.39 is 0 Å². The fraction of sp³-hybridized carbons (Fsp3) is 0.526. The molecule has 2 aliphatic rings. The van der Waals surface area contributed by atoms with Crippen LogP contribution < -0.4 is 15.4 Å². The van der Waals surface area contributed by atoms with E-state index in [1.165, 1.54) is 6.33 Å². The molecule has 1 saturated heterocycles. The first-order chi connectivity index (χ1) is 12.7. The van der Waals surface area contributed by atoms with Crippen molar-refractivity contribution in [3.63, 3.8) is 0 Å². The Morgan fingerprint density at radius 3 is 2.65 bits per heavy atom. The molecule has 1 aliphatic heterocycles. The van der Waals surface area contributed by atoms with E-state index >= 15 is 0 Å². The van der Waals surface area contributed by atoms with Crippen LogP contribution in [0.1, 0.15) is 31.4 Å². The minimum atomic E-state index is 0.115. The summed E-state index contributed by atoms with van der Waals surface area (Å²) < 4.78 is 11.8. The second-order valence-electron chi connectivity index (χ2n) is 6.93. The van der Waals surface area contributed by atoms with Gasteiger partial charge >= 0.3 is 0 Å². The van der Waals surface area contributed by atoms with Gasteiger partial charge in [-0.2, -0.15) is 5.26 Å². The molecule has 0 unspecified atom stereocenters. The number of nitrogens with zero attached hydrogens (tertiary/aromatic N) is 4. The quantitative estimate of drug-likeness (QED) is 0.901. The molecule has 0 amide bonds. The number of nitriles is 1. The van der Waals surface area contributed by atoms with E-state index in [0.717, 1.165) is 50.0 Å². The zero-order chi connectivity index (χ0) is 17.9. The number of morpholine rings is 1. The lowest BCUT2D eigenvalue weighted by molar-refractivity contribution is 0.122. The number of aromatic nitrogens is 2. The highest BCUT2D eigenvalue weighted by molar-refractivity contribution is 5.92. The Kier molecular flexibility index (Phi) is 4.87. The van der Waals surface area contributed by atoms with Crippen LogP contribution >= 0.6 is 0 Å². The summed E-state index contributed by atoms with van der Waals surface area (Å²) in [5, 5.41) is 10.2. The Hall–Kier alpha value is -2.43. The maximum Gasteiger partial charge on any atom is 0.155 e. The first-order valence-electron chi connectivity index (χ1n) is 9.18. The standard InChI is InChI=1S/C19H23N5O2/c20-11-17-19-16(22-12-23-17)9-14(24-5-7-25-8-6-24)10-18(19)26-15-3-1-13(21)2-4-15/h9-10,12-13,15H,1-8,21H2/t13-,15+. The summed E-state index contributed by atoms with van der Waals surface area (Å²) >= 11 is 0. The zero-order valence-corrected chi connectivity index (χ0v) is 14.7. The summed E-state index contributed by atoms with van der Waals surface area (Å²) in [4.78, 5) is 10.8. The molecule has 4 rings (SSSR count). The zero-order valence-electron chi connectivity index (χ0n) is 14.7. The maximum atomic E-state index is 9.48. The molecule has 7 heteroatoms. The van der Waals surface area contributed by atoms with Crippen molar-refractivity contribution in [3.8, 4) is 11.8 Å². The van der Waals surface area contributed by atoms with Gasteiger partial charge in [0.25, 0.3) is 0 Å². The average Bonchev–Trinajstić information content (AvgIpc) is 2.69. The van der Waals surface area contributed by atoms with Crippen LogP contribution in [0.3, 0.4) is 0 Å². The van der Waals surface area contributed by atoms with E-state index in [1.54, 1.807) is 0 Å². The lowest BCUT2D eigenvalue weighted by Crippen LogP contribution is -2.36. The number of nitrogens with two attached hydrogens (primary N) is 1. The molecule has 26 heavy (non-hydrogen) atoms. The van der Waals surface area contributed by atoms with Crippen LogP contribution in [0.15, 0.2) is 18.5 Å². The molecule has 0 bridgehead atoms. The molecular weight excluding hydrogens is 330 g/mol. The van der Waals surface area contributed by atoms with E-state index in [1.807, 2.05) is 12.1 Å². The Labute approximate surface area is 152 Å². The van der Waals surface area contributed by atoms with Crippen LogP contribution in [0.2, 0.25) is 0 Å². The second kappa shape index (κ2) is 7.44. The first kappa shape index (κ1) is 17.0. The van der Waals surface area contributed by atoms with Crippen LogP contribution in [-0.4, -0.2) is 48.4 Å². The van der Waals surface area contributed by atoms with Crippen LogP contribution in [0.25, 0.3) is 10.9 Å². The maximum absolute atomic E-state index is 9.48. The van der Waals surface area contributed by atoms with E-state index in [9.17, 15) is 5.26 Å². The topological polar surface area (TPSA) is 97.3 Å². The monoisotopic (exact) mass is 353 g/mol. The van der Waals surface area contributed by atoms with Gasteiger partial charge in [-0.1, -0.05) is 0 Å². The van der Waals surface area contributed by atoms with Crippen LogP contribution in [0.4, 0.5) is 5.69 Å². The number of hydrogen-bond donors (Lipinski definition) is 1. The van der Waals surface area contributed by atoms with Gasteiger partial charge in [0.1, 0.15) is 18.1 Å². The molecule has 0 spiro atoms. The fourth-order valence-corrected chi connectivity index (χ4v) is 3.71. The summed E-state index contributed by atoms with van der Waals surface area (Å²) in [7, 11) is 0. The smallest absolute Gasteiger partial charge is 0.155 e. The average molecular weight is 353 g/mol. The van der Waals surface area contributed by atoms with Gasteiger partial charge in [-0.05, 0) is 31.7 Å². The Balaban J connectivity index is 1.73. The first-order valence-corrected chi connectivity index (χ1v) is 9.18. The van der Waals surface area contributed by atoms with Crippen molar-refractivity contribution < 1.29 is 9.47 Å². The van der Waals surface area contributed by atoms with Crippen molar-refractivity contribution >= 4 is 16.6 Å². The Bertz CT molecular complexity index is 821. The third-order valence-electron chi connectivity index (χ3n) is 5.18. The van der Waals surface area contributed by atoms with Gasteiger partial charge in [0.05, 0.1) is 30.2 Å². The number of rotatable bonds is 3. The van der Waals surface area contributed by atoms with Gasteiger partial charge < -0.3 is 20.1 Å². The summed E-state index contributed by atoms with van der Waals surface area (Å²) in [5.41, 5.74) is 8.15. The van der Waals surface area contributed by atoms with Gasteiger partial charge in [-0.3, -0.25) is 0 Å². The predicted octanol–water partition coefficient (Wildman–Crippen LogP) is 1.99. The van der Waals surface area contributed by atoms with Crippen LogP contribution in [-0.2, 0) is 4.74 Å². The molecule has 1 aromatic carbocycles. The molecule has 1 aromatic heterocycles. The number of hydrogen-bond acceptors (Lipinski definition) is 7. The molecule has 1 saturated carbocycles. The Morgan fingerprint density at radius 2 is 1.92 bits per heavy atom. The molecule has 0 radical (unpaired) electrons. The third-order valence-corrected chi connectivity index (χ3v) is 5.18. The van der Waals surface area contributed by atoms with Crippen molar-refractivity contribution in [1.29, 1.82) is 5.26 Å². The summed E-state index contributed by atoms with van der Waals surface area (Å²) in [6.07, 6.45) is 5.35. The lowest BCUT2D eigenvalue weighted by atomic mass is 9.93. The van der Waals surface area contributed by atoms with Crippen molar-refractivity contribution in [2.75, 3.05) is 31.2 Å². The number of benzene rings is 1. The van der Waals surface area contributed by atoms with Gasteiger partial charge in [0.2, 0.25) is 0 Å². The molecule has 7 nitrogen and oxygen atoms in total. The molecular formula is C19H23N5O2. The number of fused-ring (bicyclic) bond motifs is 1. The minimum Gasteiger partial charge on any atom is -0.490 e. The molecule has 1 aliphatic carbocycles. The van der Waals surface area contributed by atoms with Gasteiger partial charge in [-0.15, -0.1) is 0 Å². The van der Waals surface area contributed by atoms with Crippen molar-refractivity contribution in [2.24, 2.45) is 5.73 Å². The third kappa shape index (κ3) is 3.43. The van der Waals surface area contributed by atoms with Crippen molar-refractivity contribution in [1.82, 2.24) is 9.97 Å². The fourth-order valence-electron chi connectivity index (χ4n) is 3.71. The van der Waals surface area contributed by atoms with Crippen molar-refractivity contribution in [2.45, 2.75) is 37.8 Å². The van der Waals surface area contributed by atoms with Gasteiger partial charge in [-0.25, -0.2) is 9.97 Å². The summed E-state index contributed by atoms with van der Waals surface area (Å²) in [6, 6.07) is 6.46. The van der Waals surface area contributed by atoms with Crippen molar-refractivity contribution in [3.05, 3.63) is 24.2 Å². The van der Waals surface area contributed by atoms with Gasteiger partial charge in [0, 0.05) is 30.9 Å². The molecule has 2 fully saturated rings. The molecule has 136 valence electrons. The highest BCUT2D eigenvalue weighted by Gasteiger charge is 2.23. The lowest BCUT2D eigenvalue weighted by Gasteiger charge is -2.31. The van der Waals surface area contributed by atoms with Gasteiger partial charge in [0.15, 0.2) is 5.69 Å². The largest absolute Gasteiger partial charge is 0.490 e. The minimum absolute atomic E-state index is 0.115.